The first-order chi connectivity index (χ1) is 7.66. The smallest absolute Gasteiger partial charge is 0.193 e. The van der Waals surface area contributed by atoms with Crippen LogP contribution >= 0.6 is 15.9 Å². The summed E-state index contributed by atoms with van der Waals surface area (Å²) in [5.74, 6) is 0.0104. The molecule has 0 aliphatic rings. The number of halogens is 1. The molecule has 0 saturated heterocycles. The summed E-state index contributed by atoms with van der Waals surface area (Å²) in [5.41, 5.74) is 2.27. The van der Waals surface area contributed by atoms with Crippen LogP contribution in [-0.2, 0) is 0 Å². The fraction of sp³-hybridized carbons (Fsp3) is 0.0714. The molecule has 1 radical (unpaired) electrons. The Morgan fingerprint density at radius 3 is 2.44 bits per heavy atom. The lowest BCUT2D eigenvalue weighted by Gasteiger charge is -2.01. The van der Waals surface area contributed by atoms with E-state index in [2.05, 4.69) is 22.0 Å². The summed E-state index contributed by atoms with van der Waals surface area (Å²) < 4.78 is 0.970. The van der Waals surface area contributed by atoms with Gasteiger partial charge >= 0.3 is 0 Å². The topological polar surface area (TPSA) is 17.1 Å². The van der Waals surface area contributed by atoms with Gasteiger partial charge in [0.2, 0.25) is 0 Å². The first kappa shape index (κ1) is 11.1. The van der Waals surface area contributed by atoms with Gasteiger partial charge in [0.25, 0.3) is 0 Å². The molecule has 0 spiro atoms. The summed E-state index contributed by atoms with van der Waals surface area (Å²) in [6.45, 7) is 1.93. The van der Waals surface area contributed by atoms with Crippen LogP contribution in [0.5, 0.6) is 0 Å². The Morgan fingerprint density at radius 1 is 1.12 bits per heavy atom. The summed E-state index contributed by atoms with van der Waals surface area (Å²) in [7, 11) is 0. The minimum absolute atomic E-state index is 0.0104. The van der Waals surface area contributed by atoms with Crippen LogP contribution in [0.2, 0.25) is 0 Å². The number of rotatable bonds is 2. The summed E-state index contributed by atoms with van der Waals surface area (Å²) in [5, 5.41) is 0. The van der Waals surface area contributed by atoms with Crippen molar-refractivity contribution < 1.29 is 4.79 Å². The van der Waals surface area contributed by atoms with Gasteiger partial charge in [0.1, 0.15) is 0 Å². The standard InChI is InChI=1S/C14H10BrO/c1-10-3-2-4-12(9-10)14(16)11-5-7-13(15)8-6-11/h2-8H,1H3. The van der Waals surface area contributed by atoms with E-state index in [-0.39, 0.29) is 5.78 Å². The first-order valence-corrected chi connectivity index (χ1v) is 5.75. The Hall–Kier alpha value is -1.41. The molecule has 0 aliphatic heterocycles. The number of aryl methyl sites for hydroxylation is 1. The molecule has 2 aromatic carbocycles. The molecule has 0 N–H and O–H groups in total. The molecule has 0 fully saturated rings. The highest BCUT2D eigenvalue weighted by molar-refractivity contribution is 9.10. The molecule has 0 bridgehead atoms. The van der Waals surface area contributed by atoms with Gasteiger partial charge in [0, 0.05) is 15.6 Å². The van der Waals surface area contributed by atoms with Gasteiger partial charge in [0.05, 0.1) is 0 Å². The van der Waals surface area contributed by atoms with Crippen molar-refractivity contribution in [1.29, 1.82) is 0 Å². The van der Waals surface area contributed by atoms with Gasteiger partial charge < -0.3 is 0 Å². The van der Waals surface area contributed by atoms with E-state index in [4.69, 9.17) is 0 Å². The third kappa shape index (κ3) is 2.39. The molecule has 0 heterocycles. The highest BCUT2D eigenvalue weighted by Gasteiger charge is 2.08. The SMILES string of the molecule is Cc1[c]c(C(=O)c2ccc(Br)cc2)ccc1. The lowest BCUT2D eigenvalue weighted by atomic mass is 10.0. The normalized spacial score (nSPS) is 10.1. The molecule has 16 heavy (non-hydrogen) atoms. The first-order valence-electron chi connectivity index (χ1n) is 4.96. The van der Waals surface area contributed by atoms with E-state index in [1.165, 1.54) is 0 Å². The van der Waals surface area contributed by atoms with Gasteiger partial charge in [-0.1, -0.05) is 34.1 Å². The monoisotopic (exact) mass is 273 g/mol. The predicted octanol–water partition coefficient (Wildman–Crippen LogP) is 3.79. The second-order valence-electron chi connectivity index (χ2n) is 3.58. The van der Waals surface area contributed by atoms with Crippen molar-refractivity contribution >= 4 is 21.7 Å². The van der Waals surface area contributed by atoms with E-state index < -0.39 is 0 Å². The number of hydrogen-bond acceptors (Lipinski definition) is 1. The second-order valence-corrected chi connectivity index (χ2v) is 4.50. The van der Waals surface area contributed by atoms with Crippen LogP contribution in [0.1, 0.15) is 21.5 Å². The molecule has 0 aliphatic carbocycles. The molecule has 0 unspecified atom stereocenters. The quantitative estimate of drug-likeness (QED) is 0.761. The third-order valence-corrected chi connectivity index (χ3v) is 2.82. The number of carbonyl (C=O) groups excluding carboxylic acids is 1. The third-order valence-electron chi connectivity index (χ3n) is 2.29. The van der Waals surface area contributed by atoms with Crippen LogP contribution in [-0.4, -0.2) is 5.78 Å². The minimum Gasteiger partial charge on any atom is -0.289 e. The molecule has 2 aromatic rings. The van der Waals surface area contributed by atoms with Gasteiger partial charge in [-0.3, -0.25) is 4.79 Å². The van der Waals surface area contributed by atoms with Crippen LogP contribution in [0.3, 0.4) is 0 Å². The number of benzene rings is 2. The molecule has 0 aromatic heterocycles. The highest BCUT2D eigenvalue weighted by Crippen LogP contribution is 2.14. The van der Waals surface area contributed by atoms with Crippen molar-refractivity contribution in [2.75, 3.05) is 0 Å². The zero-order chi connectivity index (χ0) is 11.5. The second kappa shape index (κ2) is 4.62. The van der Waals surface area contributed by atoms with Crippen molar-refractivity contribution in [3.63, 3.8) is 0 Å². The molecular formula is C14H10BrO. The van der Waals surface area contributed by atoms with Crippen molar-refractivity contribution in [3.8, 4) is 0 Å². The summed E-state index contributed by atoms with van der Waals surface area (Å²) >= 11 is 3.34. The molecule has 79 valence electrons. The van der Waals surface area contributed by atoms with E-state index in [1.807, 2.05) is 43.3 Å². The predicted molar refractivity (Wildman–Crippen MR) is 67.6 cm³/mol. The molecule has 0 saturated carbocycles. The summed E-state index contributed by atoms with van der Waals surface area (Å²) in [6, 6.07) is 16.0. The van der Waals surface area contributed by atoms with Crippen molar-refractivity contribution in [1.82, 2.24) is 0 Å². The van der Waals surface area contributed by atoms with Crippen LogP contribution < -0.4 is 0 Å². The Labute approximate surface area is 103 Å². The van der Waals surface area contributed by atoms with Gasteiger partial charge in [-0.05, 0) is 42.8 Å². The average molecular weight is 274 g/mol. The number of carbonyl (C=O) groups is 1. The molecular weight excluding hydrogens is 264 g/mol. The lowest BCUT2D eigenvalue weighted by molar-refractivity contribution is 0.103. The molecule has 2 rings (SSSR count). The fourth-order valence-corrected chi connectivity index (χ4v) is 1.74. The number of ketones is 1. The van der Waals surface area contributed by atoms with E-state index in [9.17, 15) is 4.79 Å². The average Bonchev–Trinajstić information content (AvgIpc) is 2.29. The van der Waals surface area contributed by atoms with Gasteiger partial charge in [-0.2, -0.15) is 0 Å². The lowest BCUT2D eigenvalue weighted by Crippen LogP contribution is -2.01. The van der Waals surface area contributed by atoms with Crippen LogP contribution in [0.15, 0.2) is 46.9 Å². The van der Waals surface area contributed by atoms with E-state index >= 15 is 0 Å². The van der Waals surface area contributed by atoms with Crippen LogP contribution in [0.25, 0.3) is 0 Å². The van der Waals surface area contributed by atoms with Crippen LogP contribution in [0, 0.1) is 13.0 Å². The maximum Gasteiger partial charge on any atom is 0.193 e. The fourth-order valence-electron chi connectivity index (χ4n) is 1.47. The molecule has 0 amide bonds. The minimum atomic E-state index is 0.0104. The van der Waals surface area contributed by atoms with E-state index in [0.29, 0.717) is 11.1 Å². The Kier molecular flexibility index (Phi) is 3.20. The zero-order valence-corrected chi connectivity index (χ0v) is 10.4. The van der Waals surface area contributed by atoms with Crippen molar-refractivity contribution in [3.05, 3.63) is 69.7 Å². The van der Waals surface area contributed by atoms with Crippen LogP contribution in [0.4, 0.5) is 0 Å². The van der Waals surface area contributed by atoms with Gasteiger partial charge in [-0.15, -0.1) is 0 Å². The number of hydrogen-bond donors (Lipinski definition) is 0. The molecule has 2 heteroatoms. The van der Waals surface area contributed by atoms with E-state index in [1.54, 1.807) is 6.07 Å². The largest absolute Gasteiger partial charge is 0.289 e. The summed E-state index contributed by atoms with van der Waals surface area (Å²) in [6.07, 6.45) is 0. The van der Waals surface area contributed by atoms with Crippen molar-refractivity contribution in [2.45, 2.75) is 6.92 Å². The molecule has 0 atom stereocenters. The van der Waals surface area contributed by atoms with E-state index in [0.717, 1.165) is 10.0 Å². The highest BCUT2D eigenvalue weighted by atomic mass is 79.9. The maximum absolute atomic E-state index is 12.1. The zero-order valence-electron chi connectivity index (χ0n) is 8.83. The van der Waals surface area contributed by atoms with Gasteiger partial charge in [0.15, 0.2) is 5.78 Å². The maximum atomic E-state index is 12.1. The van der Waals surface area contributed by atoms with Crippen molar-refractivity contribution in [2.24, 2.45) is 0 Å². The Bertz CT molecular complexity index is 515. The Morgan fingerprint density at radius 2 is 1.81 bits per heavy atom. The molecule has 1 nitrogen and oxygen atoms in total. The van der Waals surface area contributed by atoms with Gasteiger partial charge in [-0.25, -0.2) is 0 Å². The Balaban J connectivity index is 2.35. The summed E-state index contributed by atoms with van der Waals surface area (Å²) in [4.78, 5) is 12.1.